The van der Waals surface area contributed by atoms with Crippen LogP contribution in [0, 0.1) is 0 Å². The Labute approximate surface area is 120 Å². The molecule has 0 bridgehead atoms. The standard InChI is InChI=1S/C12H16N2O7/c1-8(11(15)16)13-12(17)21-10-4-2-3-9(7-10)5-6-20-14(18)19/h2-4,7-8,18-19H,5-6H2,1H3,(H,13,17)(H,15,16). The number of amides is 1. The third-order valence-electron chi connectivity index (χ3n) is 2.41. The van der Waals surface area contributed by atoms with Crippen LogP contribution in [-0.2, 0) is 16.1 Å². The molecule has 1 unspecified atom stereocenters. The van der Waals surface area contributed by atoms with Crippen LogP contribution in [0.25, 0.3) is 0 Å². The minimum Gasteiger partial charge on any atom is -0.480 e. The first kappa shape index (κ1) is 16.9. The molecule has 1 amide bonds. The molecule has 1 rings (SSSR count). The third kappa shape index (κ3) is 6.68. The van der Waals surface area contributed by atoms with Crippen LogP contribution in [0.4, 0.5) is 4.79 Å². The van der Waals surface area contributed by atoms with Crippen molar-refractivity contribution in [1.82, 2.24) is 10.7 Å². The van der Waals surface area contributed by atoms with Crippen molar-refractivity contribution in [2.75, 3.05) is 6.61 Å². The zero-order valence-electron chi connectivity index (χ0n) is 11.2. The Kier molecular flexibility index (Phi) is 6.56. The number of carboxylic acids is 1. The fourth-order valence-corrected chi connectivity index (χ4v) is 1.38. The van der Waals surface area contributed by atoms with E-state index in [1.54, 1.807) is 18.2 Å². The number of benzene rings is 1. The van der Waals surface area contributed by atoms with E-state index in [1.807, 2.05) is 0 Å². The molecule has 0 fully saturated rings. The van der Waals surface area contributed by atoms with Gasteiger partial charge in [0.1, 0.15) is 11.8 Å². The van der Waals surface area contributed by atoms with Crippen LogP contribution >= 0.6 is 0 Å². The third-order valence-corrected chi connectivity index (χ3v) is 2.41. The molecule has 0 aliphatic carbocycles. The molecule has 0 aliphatic rings. The Morgan fingerprint density at radius 1 is 1.38 bits per heavy atom. The molecule has 0 aromatic heterocycles. The van der Waals surface area contributed by atoms with Crippen molar-refractivity contribution in [3.8, 4) is 5.75 Å². The van der Waals surface area contributed by atoms with Gasteiger partial charge in [-0.1, -0.05) is 12.1 Å². The predicted octanol–water partition coefficient (Wildman–Crippen LogP) is 0.803. The molecule has 0 aliphatic heterocycles. The molecule has 21 heavy (non-hydrogen) atoms. The van der Waals surface area contributed by atoms with E-state index in [4.69, 9.17) is 20.3 Å². The Morgan fingerprint density at radius 2 is 2.10 bits per heavy atom. The Morgan fingerprint density at radius 3 is 2.71 bits per heavy atom. The quantitative estimate of drug-likeness (QED) is 0.544. The smallest absolute Gasteiger partial charge is 0.413 e. The summed E-state index contributed by atoms with van der Waals surface area (Å²) in [4.78, 5) is 26.4. The number of ether oxygens (including phenoxy) is 1. The van der Waals surface area contributed by atoms with Gasteiger partial charge in [-0.05, 0) is 31.0 Å². The summed E-state index contributed by atoms with van der Waals surface area (Å²) in [5.41, 5.74) is 0.730. The SMILES string of the molecule is CC(NC(=O)Oc1cccc(CCON(O)O)c1)C(=O)O. The number of hydrogen-bond donors (Lipinski definition) is 4. The van der Waals surface area contributed by atoms with Crippen molar-refractivity contribution in [1.29, 1.82) is 0 Å². The monoisotopic (exact) mass is 300 g/mol. The molecule has 0 radical (unpaired) electrons. The van der Waals surface area contributed by atoms with Crippen molar-refractivity contribution < 1.29 is 34.7 Å². The van der Waals surface area contributed by atoms with Crippen LogP contribution in [-0.4, -0.2) is 45.6 Å². The molecule has 1 aromatic rings. The number of carbonyl (C=O) groups is 2. The van der Waals surface area contributed by atoms with Crippen molar-refractivity contribution in [3.05, 3.63) is 29.8 Å². The van der Waals surface area contributed by atoms with Crippen LogP contribution in [0.2, 0.25) is 0 Å². The van der Waals surface area contributed by atoms with E-state index in [0.717, 1.165) is 5.56 Å². The van der Waals surface area contributed by atoms with Gasteiger partial charge in [0.15, 0.2) is 0 Å². The molecule has 0 saturated carbocycles. The van der Waals surface area contributed by atoms with E-state index < -0.39 is 18.1 Å². The summed E-state index contributed by atoms with van der Waals surface area (Å²) in [6, 6.07) is 5.38. The lowest BCUT2D eigenvalue weighted by atomic mass is 10.1. The first-order chi connectivity index (χ1) is 9.88. The second-order valence-electron chi connectivity index (χ2n) is 4.08. The van der Waals surface area contributed by atoms with Gasteiger partial charge in [0.25, 0.3) is 0 Å². The lowest BCUT2D eigenvalue weighted by molar-refractivity contribution is -0.492. The van der Waals surface area contributed by atoms with E-state index in [9.17, 15) is 9.59 Å². The number of hydrogen-bond acceptors (Lipinski definition) is 7. The summed E-state index contributed by atoms with van der Waals surface area (Å²) >= 11 is 0. The van der Waals surface area contributed by atoms with Gasteiger partial charge >= 0.3 is 12.1 Å². The molecule has 0 spiro atoms. The topological polar surface area (TPSA) is 129 Å². The first-order valence-electron chi connectivity index (χ1n) is 5.99. The number of carbonyl (C=O) groups excluding carboxylic acids is 1. The fourth-order valence-electron chi connectivity index (χ4n) is 1.38. The van der Waals surface area contributed by atoms with Crippen molar-refractivity contribution >= 4 is 12.1 Å². The molecular formula is C12H16N2O7. The predicted molar refractivity (Wildman–Crippen MR) is 67.8 cm³/mol. The zero-order chi connectivity index (χ0) is 15.8. The van der Waals surface area contributed by atoms with Crippen LogP contribution in [0.15, 0.2) is 24.3 Å². The van der Waals surface area contributed by atoms with E-state index >= 15 is 0 Å². The van der Waals surface area contributed by atoms with Crippen molar-refractivity contribution in [2.45, 2.75) is 19.4 Å². The Balaban J connectivity index is 2.52. The Bertz CT molecular complexity index is 492. The number of carboxylic acid groups (broad SMARTS) is 1. The van der Waals surface area contributed by atoms with Gasteiger partial charge in [-0.15, -0.1) is 0 Å². The van der Waals surface area contributed by atoms with Gasteiger partial charge in [-0.2, -0.15) is 0 Å². The summed E-state index contributed by atoms with van der Waals surface area (Å²) in [5, 5.41) is 27.2. The van der Waals surface area contributed by atoms with Crippen LogP contribution in [0.3, 0.4) is 0 Å². The second kappa shape index (κ2) is 8.17. The van der Waals surface area contributed by atoms with Crippen molar-refractivity contribution in [3.63, 3.8) is 0 Å². The number of rotatable bonds is 7. The second-order valence-corrected chi connectivity index (χ2v) is 4.08. The zero-order valence-corrected chi connectivity index (χ0v) is 11.2. The highest BCUT2D eigenvalue weighted by atomic mass is 17.1. The average molecular weight is 300 g/mol. The highest BCUT2D eigenvalue weighted by Crippen LogP contribution is 2.14. The lowest BCUT2D eigenvalue weighted by Crippen LogP contribution is -2.39. The summed E-state index contributed by atoms with van der Waals surface area (Å²) in [7, 11) is 0. The summed E-state index contributed by atoms with van der Waals surface area (Å²) in [6.45, 7) is 1.32. The summed E-state index contributed by atoms with van der Waals surface area (Å²) < 4.78 is 4.94. The van der Waals surface area contributed by atoms with E-state index in [0.29, 0.717) is 6.42 Å². The molecule has 0 heterocycles. The maximum absolute atomic E-state index is 11.4. The fraction of sp³-hybridized carbons (Fsp3) is 0.333. The number of nitrogens with one attached hydrogen (secondary N) is 1. The molecule has 9 nitrogen and oxygen atoms in total. The molecule has 1 atom stereocenters. The largest absolute Gasteiger partial charge is 0.480 e. The molecule has 1 aromatic carbocycles. The van der Waals surface area contributed by atoms with Crippen LogP contribution < -0.4 is 10.1 Å². The average Bonchev–Trinajstić information content (AvgIpc) is 2.38. The highest BCUT2D eigenvalue weighted by Gasteiger charge is 2.15. The van der Waals surface area contributed by atoms with Crippen LogP contribution in [0.1, 0.15) is 12.5 Å². The van der Waals surface area contributed by atoms with Gasteiger partial charge in [-0.25, -0.2) is 4.79 Å². The van der Waals surface area contributed by atoms with E-state index in [2.05, 4.69) is 10.2 Å². The minimum atomic E-state index is -1.17. The van der Waals surface area contributed by atoms with E-state index in [1.165, 1.54) is 13.0 Å². The van der Waals surface area contributed by atoms with E-state index in [-0.39, 0.29) is 17.7 Å². The lowest BCUT2D eigenvalue weighted by Gasteiger charge is -2.10. The molecule has 4 N–H and O–H groups in total. The normalized spacial score (nSPS) is 12.0. The van der Waals surface area contributed by atoms with Gasteiger partial charge in [-0.3, -0.25) is 20.0 Å². The summed E-state index contributed by atoms with van der Waals surface area (Å²) in [6.07, 6.45) is -0.530. The number of aliphatic carboxylic acids is 1. The molecule has 0 saturated heterocycles. The maximum Gasteiger partial charge on any atom is 0.413 e. The number of nitrogens with zero attached hydrogens (tertiary/aromatic N) is 1. The Hall–Kier alpha value is -2.20. The maximum atomic E-state index is 11.4. The van der Waals surface area contributed by atoms with Gasteiger partial charge < -0.3 is 15.2 Å². The summed E-state index contributed by atoms with van der Waals surface area (Å²) in [5.74, 6) is -0.942. The van der Waals surface area contributed by atoms with Gasteiger partial charge in [0, 0.05) is 0 Å². The van der Waals surface area contributed by atoms with Gasteiger partial charge in [0.05, 0.1) is 12.0 Å². The molecule has 116 valence electrons. The van der Waals surface area contributed by atoms with Crippen molar-refractivity contribution in [2.24, 2.45) is 0 Å². The van der Waals surface area contributed by atoms with Crippen LogP contribution in [0.5, 0.6) is 5.75 Å². The minimum absolute atomic E-state index is 0.0126. The molecular weight excluding hydrogens is 284 g/mol. The highest BCUT2D eigenvalue weighted by molar-refractivity contribution is 5.80. The van der Waals surface area contributed by atoms with Gasteiger partial charge in [0.2, 0.25) is 0 Å². The molecule has 9 heteroatoms. The first-order valence-corrected chi connectivity index (χ1v) is 5.99.